The molecule has 1 N–H and O–H groups in total. The van der Waals surface area contributed by atoms with Crippen LogP contribution in [0.25, 0.3) is 0 Å². The van der Waals surface area contributed by atoms with Crippen molar-refractivity contribution in [2.24, 2.45) is 0 Å². The van der Waals surface area contributed by atoms with Gasteiger partial charge in [-0.3, -0.25) is 4.79 Å². The molecule has 0 aliphatic heterocycles. The minimum Gasteiger partial charge on any atom is -0.440 e. The molecular formula is C12H9Cl2NO2. The molecule has 2 aromatic rings. The molecule has 88 valence electrons. The third kappa shape index (κ3) is 3.02. The summed E-state index contributed by atoms with van der Waals surface area (Å²) in [6, 6.07) is 10.3. The first kappa shape index (κ1) is 12.0. The summed E-state index contributed by atoms with van der Waals surface area (Å²) >= 11 is 11.3. The fourth-order valence-electron chi connectivity index (χ4n) is 1.31. The summed E-state index contributed by atoms with van der Waals surface area (Å²) in [5.41, 5.74) is 1.67. The van der Waals surface area contributed by atoms with E-state index in [0.717, 1.165) is 5.56 Å². The van der Waals surface area contributed by atoms with Crippen LogP contribution in [0.1, 0.15) is 16.1 Å². The van der Waals surface area contributed by atoms with Crippen LogP contribution >= 0.6 is 23.2 Å². The van der Waals surface area contributed by atoms with Crippen molar-refractivity contribution in [2.45, 2.75) is 5.88 Å². The summed E-state index contributed by atoms with van der Waals surface area (Å²) in [5, 5.41) is 2.88. The van der Waals surface area contributed by atoms with Crippen LogP contribution in [0.4, 0.5) is 5.69 Å². The maximum Gasteiger partial charge on any atom is 0.291 e. The summed E-state index contributed by atoms with van der Waals surface area (Å²) in [6.45, 7) is 0. The van der Waals surface area contributed by atoms with Gasteiger partial charge in [0.1, 0.15) is 0 Å². The normalized spacial score (nSPS) is 10.2. The molecule has 1 aromatic carbocycles. The van der Waals surface area contributed by atoms with Crippen LogP contribution in [0.3, 0.4) is 0 Å². The van der Waals surface area contributed by atoms with Crippen molar-refractivity contribution in [3.63, 3.8) is 0 Å². The highest BCUT2D eigenvalue weighted by Crippen LogP contribution is 2.16. The van der Waals surface area contributed by atoms with E-state index in [-0.39, 0.29) is 16.9 Å². The Hall–Kier alpha value is -1.45. The standard InChI is InChI=1S/C12H9Cl2NO2/c13-7-8-1-3-9(4-2-8)15-12(16)10-5-6-11(14)17-10/h1-6H,7H2,(H,15,16). The maximum atomic E-state index is 11.7. The van der Waals surface area contributed by atoms with Gasteiger partial charge in [0.15, 0.2) is 11.0 Å². The number of benzene rings is 1. The Morgan fingerprint density at radius 2 is 1.88 bits per heavy atom. The molecule has 17 heavy (non-hydrogen) atoms. The minimum absolute atomic E-state index is 0.177. The highest BCUT2D eigenvalue weighted by molar-refractivity contribution is 6.29. The number of carbonyl (C=O) groups is 1. The van der Waals surface area contributed by atoms with Crippen LogP contribution in [0, 0.1) is 0 Å². The zero-order valence-corrected chi connectivity index (χ0v) is 10.3. The summed E-state index contributed by atoms with van der Waals surface area (Å²) in [4.78, 5) is 11.7. The second-order valence-electron chi connectivity index (χ2n) is 3.39. The lowest BCUT2D eigenvalue weighted by Gasteiger charge is -2.03. The largest absolute Gasteiger partial charge is 0.440 e. The van der Waals surface area contributed by atoms with Gasteiger partial charge >= 0.3 is 0 Å². The minimum atomic E-state index is -0.337. The first-order chi connectivity index (χ1) is 8.19. The molecule has 0 atom stereocenters. The lowest BCUT2D eigenvalue weighted by molar-refractivity contribution is 0.0997. The molecule has 0 saturated heterocycles. The predicted octanol–water partition coefficient (Wildman–Crippen LogP) is 3.92. The highest BCUT2D eigenvalue weighted by atomic mass is 35.5. The van der Waals surface area contributed by atoms with Crippen LogP contribution in [-0.2, 0) is 5.88 Å². The van der Waals surface area contributed by atoms with E-state index in [1.165, 1.54) is 12.1 Å². The fourth-order valence-corrected chi connectivity index (χ4v) is 1.63. The van der Waals surface area contributed by atoms with E-state index in [1.807, 2.05) is 12.1 Å². The van der Waals surface area contributed by atoms with Gasteiger partial charge in [-0.15, -0.1) is 11.6 Å². The lowest BCUT2D eigenvalue weighted by Crippen LogP contribution is -2.10. The monoisotopic (exact) mass is 269 g/mol. The molecule has 0 unspecified atom stereocenters. The van der Waals surface area contributed by atoms with E-state index in [1.54, 1.807) is 12.1 Å². The van der Waals surface area contributed by atoms with E-state index < -0.39 is 0 Å². The van der Waals surface area contributed by atoms with E-state index in [2.05, 4.69) is 5.32 Å². The van der Waals surface area contributed by atoms with Gasteiger partial charge in [-0.25, -0.2) is 0 Å². The van der Waals surface area contributed by atoms with Crippen molar-refractivity contribution in [1.82, 2.24) is 0 Å². The number of rotatable bonds is 3. The average Bonchev–Trinajstić information content (AvgIpc) is 2.77. The average molecular weight is 270 g/mol. The molecule has 1 amide bonds. The van der Waals surface area contributed by atoms with Crippen LogP contribution in [0.15, 0.2) is 40.8 Å². The van der Waals surface area contributed by atoms with Gasteiger partial charge in [0, 0.05) is 11.6 Å². The number of hydrogen-bond donors (Lipinski definition) is 1. The summed E-state index contributed by atoms with van der Waals surface area (Å²) in [5.74, 6) is 0.286. The lowest BCUT2D eigenvalue weighted by atomic mass is 10.2. The van der Waals surface area contributed by atoms with Gasteiger partial charge in [0.2, 0.25) is 0 Å². The summed E-state index contributed by atoms with van der Waals surface area (Å²) in [6.07, 6.45) is 0. The number of hydrogen-bond acceptors (Lipinski definition) is 2. The first-order valence-electron chi connectivity index (χ1n) is 4.90. The molecule has 1 aromatic heterocycles. The number of amides is 1. The molecule has 0 bridgehead atoms. The molecular weight excluding hydrogens is 261 g/mol. The first-order valence-corrected chi connectivity index (χ1v) is 5.82. The molecule has 0 aliphatic carbocycles. The topological polar surface area (TPSA) is 42.2 Å². The van der Waals surface area contributed by atoms with Crippen LogP contribution in [0.2, 0.25) is 5.22 Å². The van der Waals surface area contributed by atoms with Gasteiger partial charge in [0.25, 0.3) is 5.91 Å². The van der Waals surface area contributed by atoms with Crippen molar-refractivity contribution in [1.29, 1.82) is 0 Å². The van der Waals surface area contributed by atoms with Crippen molar-refractivity contribution in [2.75, 3.05) is 5.32 Å². The molecule has 2 rings (SSSR count). The van der Waals surface area contributed by atoms with E-state index in [9.17, 15) is 4.79 Å². The Bertz CT molecular complexity index is 520. The SMILES string of the molecule is O=C(Nc1ccc(CCl)cc1)c1ccc(Cl)o1. The number of carbonyl (C=O) groups excluding carboxylic acids is 1. The number of halogens is 2. The zero-order chi connectivity index (χ0) is 12.3. The van der Waals surface area contributed by atoms with E-state index in [0.29, 0.717) is 11.6 Å². The Morgan fingerprint density at radius 1 is 1.18 bits per heavy atom. The number of alkyl halides is 1. The second kappa shape index (κ2) is 5.25. The molecule has 1 heterocycles. The third-order valence-electron chi connectivity index (χ3n) is 2.16. The smallest absolute Gasteiger partial charge is 0.291 e. The number of furan rings is 1. The molecule has 5 heteroatoms. The predicted molar refractivity (Wildman–Crippen MR) is 67.7 cm³/mol. The Kier molecular flexibility index (Phi) is 3.71. The molecule has 0 fully saturated rings. The second-order valence-corrected chi connectivity index (χ2v) is 4.03. The number of anilines is 1. The van der Waals surface area contributed by atoms with Gasteiger partial charge in [0.05, 0.1) is 0 Å². The van der Waals surface area contributed by atoms with Crippen molar-refractivity contribution >= 4 is 34.8 Å². The van der Waals surface area contributed by atoms with Crippen LogP contribution < -0.4 is 5.32 Å². The molecule has 0 saturated carbocycles. The molecule has 0 spiro atoms. The van der Waals surface area contributed by atoms with Gasteiger partial charge in [-0.05, 0) is 41.4 Å². The van der Waals surface area contributed by atoms with E-state index in [4.69, 9.17) is 27.6 Å². The fraction of sp³-hybridized carbons (Fsp3) is 0.0833. The zero-order valence-electron chi connectivity index (χ0n) is 8.74. The van der Waals surface area contributed by atoms with Crippen LogP contribution in [0.5, 0.6) is 0 Å². The van der Waals surface area contributed by atoms with Crippen molar-refractivity contribution in [3.8, 4) is 0 Å². The van der Waals surface area contributed by atoms with E-state index >= 15 is 0 Å². The molecule has 3 nitrogen and oxygen atoms in total. The highest BCUT2D eigenvalue weighted by Gasteiger charge is 2.10. The van der Waals surface area contributed by atoms with Crippen molar-refractivity contribution < 1.29 is 9.21 Å². The van der Waals surface area contributed by atoms with Gasteiger partial charge < -0.3 is 9.73 Å². The number of nitrogens with one attached hydrogen (secondary N) is 1. The Morgan fingerprint density at radius 3 is 2.41 bits per heavy atom. The van der Waals surface area contributed by atoms with Crippen LogP contribution in [-0.4, -0.2) is 5.91 Å². The molecule has 0 aliphatic rings. The molecule has 0 radical (unpaired) electrons. The quantitative estimate of drug-likeness (QED) is 0.859. The maximum absolute atomic E-state index is 11.7. The Labute approximate surface area is 108 Å². The van der Waals surface area contributed by atoms with Crippen molar-refractivity contribution in [3.05, 3.63) is 52.9 Å². The summed E-state index contributed by atoms with van der Waals surface area (Å²) in [7, 11) is 0. The van der Waals surface area contributed by atoms with Gasteiger partial charge in [-0.2, -0.15) is 0 Å². The third-order valence-corrected chi connectivity index (χ3v) is 2.67. The summed E-state index contributed by atoms with van der Waals surface area (Å²) < 4.78 is 4.99. The Balaban J connectivity index is 2.07. The van der Waals surface area contributed by atoms with Gasteiger partial charge in [-0.1, -0.05) is 12.1 Å².